The number of fused-ring (bicyclic) bond motifs is 2. The molecule has 0 spiro atoms. The fraction of sp³-hybridized carbons (Fsp3) is 0.286. The molecule has 0 aliphatic heterocycles. The Morgan fingerprint density at radius 3 is 3.00 bits per heavy atom. The van der Waals surface area contributed by atoms with Gasteiger partial charge in [-0.3, -0.25) is 9.89 Å². The zero-order valence-corrected chi connectivity index (χ0v) is 16.1. The van der Waals surface area contributed by atoms with Gasteiger partial charge in [0.05, 0.1) is 24.9 Å². The molecule has 29 heavy (non-hydrogen) atoms. The Morgan fingerprint density at radius 2 is 2.24 bits per heavy atom. The first kappa shape index (κ1) is 17.7. The molecule has 1 aliphatic rings. The number of imidazole rings is 1. The fourth-order valence-electron chi connectivity index (χ4n) is 3.72. The SMILES string of the molecule is CCOc1cc(C)c(-c2ccc3nc(NC(=O)[C@@H]4C[C@@H]4F)cn3c2)c2cn[nH]c12. The van der Waals surface area contributed by atoms with Crippen molar-refractivity contribution in [3.05, 3.63) is 42.4 Å². The van der Waals surface area contributed by atoms with Crippen LogP contribution in [-0.2, 0) is 4.79 Å². The number of hydrogen-bond acceptors (Lipinski definition) is 4. The second kappa shape index (κ2) is 6.58. The van der Waals surface area contributed by atoms with E-state index in [4.69, 9.17) is 4.74 Å². The molecule has 0 radical (unpaired) electrons. The summed E-state index contributed by atoms with van der Waals surface area (Å²) in [4.78, 5) is 16.4. The summed E-state index contributed by atoms with van der Waals surface area (Å²) in [5.74, 6) is 0.337. The first-order valence-electron chi connectivity index (χ1n) is 9.58. The third-order valence-electron chi connectivity index (χ3n) is 5.24. The van der Waals surface area contributed by atoms with Crippen LogP contribution in [0.15, 0.2) is 36.8 Å². The molecule has 3 aromatic heterocycles. The van der Waals surface area contributed by atoms with Crippen molar-refractivity contribution in [3.8, 4) is 16.9 Å². The molecule has 7 nitrogen and oxygen atoms in total. The van der Waals surface area contributed by atoms with Gasteiger partial charge in [0, 0.05) is 11.6 Å². The van der Waals surface area contributed by atoms with Crippen LogP contribution < -0.4 is 10.1 Å². The molecule has 2 atom stereocenters. The van der Waals surface area contributed by atoms with Crippen LogP contribution in [-0.4, -0.2) is 38.3 Å². The van der Waals surface area contributed by atoms with Crippen LogP contribution in [0.2, 0.25) is 0 Å². The number of benzene rings is 1. The number of halogens is 1. The lowest BCUT2D eigenvalue weighted by Gasteiger charge is -2.12. The number of hydrogen-bond donors (Lipinski definition) is 2. The van der Waals surface area contributed by atoms with Crippen LogP contribution >= 0.6 is 0 Å². The van der Waals surface area contributed by atoms with Crippen molar-refractivity contribution in [2.75, 3.05) is 11.9 Å². The monoisotopic (exact) mass is 393 g/mol. The van der Waals surface area contributed by atoms with Crippen molar-refractivity contribution in [3.63, 3.8) is 0 Å². The molecular formula is C21H20FN5O2. The summed E-state index contributed by atoms with van der Waals surface area (Å²) >= 11 is 0. The van der Waals surface area contributed by atoms with Crippen LogP contribution in [0.4, 0.5) is 10.2 Å². The number of carbonyl (C=O) groups excluding carboxylic acids is 1. The van der Waals surface area contributed by atoms with Gasteiger partial charge in [-0.2, -0.15) is 5.10 Å². The van der Waals surface area contributed by atoms with E-state index in [2.05, 4.69) is 20.5 Å². The van der Waals surface area contributed by atoms with E-state index < -0.39 is 12.1 Å². The molecule has 0 unspecified atom stereocenters. The zero-order valence-electron chi connectivity index (χ0n) is 16.1. The van der Waals surface area contributed by atoms with Gasteiger partial charge in [-0.05, 0) is 55.2 Å². The smallest absolute Gasteiger partial charge is 0.231 e. The molecule has 4 aromatic rings. The summed E-state index contributed by atoms with van der Waals surface area (Å²) in [5.41, 5.74) is 4.67. The number of ether oxygens (including phenoxy) is 1. The molecule has 1 aromatic carbocycles. The number of anilines is 1. The average molecular weight is 393 g/mol. The summed E-state index contributed by atoms with van der Waals surface area (Å²) in [7, 11) is 0. The molecule has 1 saturated carbocycles. The summed E-state index contributed by atoms with van der Waals surface area (Å²) in [5, 5.41) is 10.9. The highest BCUT2D eigenvalue weighted by Crippen LogP contribution is 2.37. The number of amides is 1. The van der Waals surface area contributed by atoms with E-state index in [1.807, 2.05) is 42.6 Å². The number of carbonyl (C=O) groups is 1. The van der Waals surface area contributed by atoms with E-state index in [-0.39, 0.29) is 5.91 Å². The molecule has 1 amide bonds. The largest absolute Gasteiger partial charge is 0.492 e. The molecule has 1 fully saturated rings. The Hall–Kier alpha value is -3.42. The minimum Gasteiger partial charge on any atom is -0.492 e. The summed E-state index contributed by atoms with van der Waals surface area (Å²) in [6.07, 6.45) is 4.76. The number of aromatic amines is 1. The Morgan fingerprint density at radius 1 is 1.41 bits per heavy atom. The van der Waals surface area contributed by atoms with E-state index in [1.54, 1.807) is 12.4 Å². The lowest BCUT2D eigenvalue weighted by molar-refractivity contribution is -0.117. The van der Waals surface area contributed by atoms with Crippen molar-refractivity contribution in [1.82, 2.24) is 19.6 Å². The molecule has 1 aliphatic carbocycles. The van der Waals surface area contributed by atoms with Crippen molar-refractivity contribution in [1.29, 1.82) is 0 Å². The van der Waals surface area contributed by atoms with Crippen molar-refractivity contribution < 1.29 is 13.9 Å². The number of nitrogens with one attached hydrogen (secondary N) is 2. The first-order chi connectivity index (χ1) is 14.0. The molecule has 8 heteroatoms. The van der Waals surface area contributed by atoms with E-state index in [1.165, 1.54) is 0 Å². The minimum absolute atomic E-state index is 0.293. The lowest BCUT2D eigenvalue weighted by Crippen LogP contribution is -2.15. The van der Waals surface area contributed by atoms with E-state index in [9.17, 15) is 9.18 Å². The van der Waals surface area contributed by atoms with Gasteiger partial charge in [-0.15, -0.1) is 0 Å². The fourth-order valence-corrected chi connectivity index (χ4v) is 3.72. The molecule has 0 bridgehead atoms. The second-order valence-electron chi connectivity index (χ2n) is 7.32. The van der Waals surface area contributed by atoms with Crippen LogP contribution in [0.3, 0.4) is 0 Å². The van der Waals surface area contributed by atoms with Gasteiger partial charge in [0.25, 0.3) is 0 Å². The topological polar surface area (TPSA) is 84.3 Å². The summed E-state index contributed by atoms with van der Waals surface area (Å²) < 4.78 is 20.7. The van der Waals surface area contributed by atoms with Crippen molar-refractivity contribution in [2.45, 2.75) is 26.4 Å². The zero-order chi connectivity index (χ0) is 20.1. The average Bonchev–Trinajstić information content (AvgIpc) is 3.07. The third kappa shape index (κ3) is 3.00. The predicted octanol–water partition coefficient (Wildman–Crippen LogP) is 3.88. The van der Waals surface area contributed by atoms with Gasteiger partial charge < -0.3 is 14.5 Å². The Bertz CT molecular complexity index is 1240. The highest BCUT2D eigenvalue weighted by atomic mass is 19.1. The number of nitrogens with zero attached hydrogens (tertiary/aromatic N) is 3. The van der Waals surface area contributed by atoms with E-state index in [0.717, 1.165) is 33.3 Å². The van der Waals surface area contributed by atoms with Gasteiger partial charge in [0.1, 0.15) is 23.1 Å². The number of rotatable bonds is 5. The Kier molecular flexibility index (Phi) is 4.01. The summed E-state index contributed by atoms with van der Waals surface area (Å²) in [6.45, 7) is 4.56. The standard InChI is InChI=1S/C21H20FN5O2/c1-3-29-16-6-11(2)19(14-8-23-26-20(14)16)12-4-5-18-24-17(10-27(18)9-12)25-21(28)13-7-15(13)22/h4-6,8-10,13,15H,3,7H2,1-2H3,(H,23,26)(H,25,28)/t13-,15+/m1/s1. The molecule has 5 rings (SSSR count). The van der Waals surface area contributed by atoms with Crippen LogP contribution in [0.25, 0.3) is 27.7 Å². The third-order valence-corrected chi connectivity index (χ3v) is 5.24. The quantitative estimate of drug-likeness (QED) is 0.539. The van der Waals surface area contributed by atoms with Crippen LogP contribution in [0.1, 0.15) is 18.9 Å². The van der Waals surface area contributed by atoms with E-state index in [0.29, 0.717) is 24.5 Å². The molecule has 3 heterocycles. The maximum Gasteiger partial charge on any atom is 0.231 e. The maximum atomic E-state index is 13.1. The number of aryl methyl sites for hydroxylation is 1. The lowest BCUT2D eigenvalue weighted by atomic mass is 9.97. The van der Waals surface area contributed by atoms with Gasteiger partial charge >= 0.3 is 0 Å². The number of pyridine rings is 1. The predicted molar refractivity (Wildman–Crippen MR) is 108 cm³/mol. The van der Waals surface area contributed by atoms with E-state index >= 15 is 0 Å². The second-order valence-corrected chi connectivity index (χ2v) is 7.32. The van der Waals surface area contributed by atoms with Crippen LogP contribution in [0.5, 0.6) is 5.75 Å². The minimum atomic E-state index is -1.03. The molecule has 0 saturated heterocycles. The molecule has 2 N–H and O–H groups in total. The van der Waals surface area contributed by atoms with Crippen molar-refractivity contribution in [2.24, 2.45) is 5.92 Å². The number of alkyl halides is 1. The molecule has 148 valence electrons. The summed E-state index contributed by atoms with van der Waals surface area (Å²) in [6, 6.07) is 5.88. The Balaban J connectivity index is 1.54. The molecular weight excluding hydrogens is 373 g/mol. The van der Waals surface area contributed by atoms with Crippen molar-refractivity contribution >= 4 is 28.3 Å². The van der Waals surface area contributed by atoms with Gasteiger partial charge in [-0.1, -0.05) is 0 Å². The number of aromatic nitrogens is 4. The highest BCUT2D eigenvalue weighted by molar-refractivity contribution is 5.99. The van der Waals surface area contributed by atoms with Crippen LogP contribution in [0, 0.1) is 12.8 Å². The van der Waals surface area contributed by atoms with Gasteiger partial charge in [0.15, 0.2) is 5.82 Å². The normalized spacial score (nSPS) is 18.3. The number of H-pyrrole nitrogens is 1. The highest BCUT2D eigenvalue weighted by Gasteiger charge is 2.43. The van der Waals surface area contributed by atoms with Gasteiger partial charge in [0.2, 0.25) is 5.91 Å². The first-order valence-corrected chi connectivity index (χ1v) is 9.58. The van der Waals surface area contributed by atoms with Gasteiger partial charge in [-0.25, -0.2) is 9.37 Å². The maximum absolute atomic E-state index is 13.1. The Labute approximate surface area is 165 Å².